The molecule has 0 atom stereocenters. The van der Waals surface area contributed by atoms with Gasteiger partial charge in [-0.25, -0.2) is 4.79 Å². The van der Waals surface area contributed by atoms with Crippen molar-refractivity contribution in [3.05, 3.63) is 47.7 Å². The van der Waals surface area contributed by atoms with E-state index in [4.69, 9.17) is 4.74 Å². The highest BCUT2D eigenvalue weighted by atomic mass is 19.4. The van der Waals surface area contributed by atoms with Crippen LogP contribution >= 0.6 is 0 Å². The average molecular weight is 273 g/mol. The molecule has 0 aliphatic heterocycles. The van der Waals surface area contributed by atoms with Gasteiger partial charge in [-0.2, -0.15) is 13.2 Å². The van der Waals surface area contributed by atoms with Crippen molar-refractivity contribution in [3.63, 3.8) is 0 Å². The fraction of sp³-hybridized carbons (Fsp3) is 0.308. The monoisotopic (exact) mass is 273 g/mol. The van der Waals surface area contributed by atoms with E-state index in [0.717, 1.165) is 11.6 Å². The van der Waals surface area contributed by atoms with Crippen LogP contribution in [0.15, 0.2) is 42.1 Å². The van der Waals surface area contributed by atoms with Crippen molar-refractivity contribution in [1.82, 2.24) is 5.32 Å². The Bertz CT molecular complexity index is 441. The fourth-order valence-corrected chi connectivity index (χ4v) is 1.34. The van der Waals surface area contributed by atoms with Crippen molar-refractivity contribution in [2.45, 2.75) is 19.2 Å². The van der Waals surface area contributed by atoms with Crippen LogP contribution in [0, 0.1) is 0 Å². The molecular weight excluding hydrogens is 259 g/mol. The maximum Gasteiger partial charge on any atom is 0.394 e. The Balaban J connectivity index is 2.53. The Morgan fingerprint density at radius 2 is 1.95 bits per heavy atom. The number of rotatable bonds is 5. The number of carbonyl (C=O) groups excluding carboxylic acids is 1. The van der Waals surface area contributed by atoms with E-state index in [-0.39, 0.29) is 12.3 Å². The van der Waals surface area contributed by atoms with Crippen molar-refractivity contribution in [1.29, 1.82) is 0 Å². The van der Waals surface area contributed by atoms with Gasteiger partial charge in [-0.05, 0) is 5.56 Å². The molecule has 104 valence electrons. The highest BCUT2D eigenvalue weighted by Gasteiger charge is 2.28. The van der Waals surface area contributed by atoms with E-state index < -0.39 is 18.6 Å². The van der Waals surface area contributed by atoms with E-state index in [1.54, 1.807) is 24.3 Å². The molecule has 0 aliphatic rings. The summed E-state index contributed by atoms with van der Waals surface area (Å²) in [6.45, 7) is 0.0270. The van der Waals surface area contributed by atoms with Crippen molar-refractivity contribution in [2.75, 3.05) is 7.05 Å². The molecule has 0 saturated carbocycles. The standard InChI is InChI=1S/C13H14F3NO2/c1-17-11(8-13(14,15)16)7-12(18)19-9-10-5-3-2-4-6-10/h2-7,17H,8-9H2,1H3. The van der Waals surface area contributed by atoms with Gasteiger partial charge in [0.1, 0.15) is 6.61 Å². The Morgan fingerprint density at radius 3 is 2.47 bits per heavy atom. The SMILES string of the molecule is CNC(=CC(=O)OCc1ccccc1)CC(F)(F)F. The molecule has 19 heavy (non-hydrogen) atoms. The summed E-state index contributed by atoms with van der Waals surface area (Å²) in [4.78, 5) is 11.4. The second-order valence-corrected chi connectivity index (χ2v) is 3.80. The summed E-state index contributed by atoms with van der Waals surface area (Å²) in [7, 11) is 1.32. The number of esters is 1. The number of nitrogens with one attached hydrogen (secondary N) is 1. The van der Waals surface area contributed by atoms with Gasteiger partial charge in [0.25, 0.3) is 0 Å². The first-order valence-electron chi connectivity index (χ1n) is 5.56. The molecule has 0 heterocycles. The number of hydrogen-bond donors (Lipinski definition) is 1. The number of hydrogen-bond acceptors (Lipinski definition) is 3. The molecule has 0 radical (unpaired) electrons. The predicted octanol–water partition coefficient (Wildman–Crippen LogP) is 2.79. The summed E-state index contributed by atoms with van der Waals surface area (Å²) in [5, 5.41) is 2.33. The Labute approximate surface area is 109 Å². The smallest absolute Gasteiger partial charge is 0.394 e. The van der Waals surface area contributed by atoms with Crippen LogP contribution in [0.3, 0.4) is 0 Å². The molecule has 3 nitrogen and oxygen atoms in total. The fourth-order valence-electron chi connectivity index (χ4n) is 1.34. The molecule has 0 saturated heterocycles. The van der Waals surface area contributed by atoms with Crippen LogP contribution in [-0.2, 0) is 16.1 Å². The Hall–Kier alpha value is -1.98. The maximum atomic E-state index is 12.2. The first kappa shape index (κ1) is 15.1. The summed E-state index contributed by atoms with van der Waals surface area (Å²) in [5.74, 6) is -0.808. The molecule has 1 N–H and O–H groups in total. The Kier molecular flexibility index (Phi) is 5.41. The van der Waals surface area contributed by atoms with E-state index in [1.807, 2.05) is 6.07 Å². The molecular formula is C13H14F3NO2. The van der Waals surface area contributed by atoms with E-state index in [2.05, 4.69) is 5.32 Å². The second kappa shape index (κ2) is 6.82. The highest BCUT2D eigenvalue weighted by molar-refractivity contribution is 5.82. The first-order chi connectivity index (χ1) is 8.90. The van der Waals surface area contributed by atoms with Crippen molar-refractivity contribution in [3.8, 4) is 0 Å². The minimum atomic E-state index is -4.37. The summed E-state index contributed by atoms with van der Waals surface area (Å²) < 4.78 is 41.3. The number of carbonyl (C=O) groups is 1. The molecule has 6 heteroatoms. The lowest BCUT2D eigenvalue weighted by molar-refractivity contribution is -0.139. The van der Waals surface area contributed by atoms with Crippen LogP contribution < -0.4 is 5.32 Å². The van der Waals surface area contributed by atoms with Gasteiger partial charge in [-0.3, -0.25) is 0 Å². The van der Waals surface area contributed by atoms with Crippen molar-refractivity contribution < 1.29 is 22.7 Å². The minimum Gasteiger partial charge on any atom is -0.458 e. The van der Waals surface area contributed by atoms with Gasteiger partial charge in [0, 0.05) is 18.8 Å². The molecule has 1 aromatic rings. The van der Waals surface area contributed by atoms with Crippen LogP contribution in [0.4, 0.5) is 13.2 Å². The van der Waals surface area contributed by atoms with Crippen molar-refractivity contribution >= 4 is 5.97 Å². The number of ether oxygens (including phenoxy) is 1. The molecule has 0 bridgehead atoms. The molecule has 1 rings (SSSR count). The second-order valence-electron chi connectivity index (χ2n) is 3.80. The van der Waals surface area contributed by atoms with E-state index in [9.17, 15) is 18.0 Å². The zero-order chi connectivity index (χ0) is 14.3. The minimum absolute atomic E-state index is 0.0270. The zero-order valence-corrected chi connectivity index (χ0v) is 10.3. The van der Waals surface area contributed by atoms with Gasteiger partial charge in [-0.15, -0.1) is 0 Å². The molecule has 0 aromatic heterocycles. The van der Waals surface area contributed by atoms with Gasteiger partial charge in [0.05, 0.1) is 6.42 Å². The highest BCUT2D eigenvalue weighted by Crippen LogP contribution is 2.23. The Morgan fingerprint density at radius 1 is 1.32 bits per heavy atom. The third-order valence-electron chi connectivity index (χ3n) is 2.23. The average Bonchev–Trinajstić information content (AvgIpc) is 2.35. The van der Waals surface area contributed by atoms with Gasteiger partial charge in [0.15, 0.2) is 0 Å². The van der Waals surface area contributed by atoms with Crippen LogP contribution in [0.1, 0.15) is 12.0 Å². The van der Waals surface area contributed by atoms with Gasteiger partial charge in [0.2, 0.25) is 0 Å². The lowest BCUT2D eigenvalue weighted by atomic mass is 10.2. The molecule has 0 amide bonds. The normalized spacial score (nSPS) is 12.1. The summed E-state index contributed by atoms with van der Waals surface area (Å²) in [6.07, 6.45) is -4.74. The number of benzene rings is 1. The summed E-state index contributed by atoms with van der Waals surface area (Å²) in [6, 6.07) is 8.88. The third-order valence-corrected chi connectivity index (χ3v) is 2.23. The summed E-state index contributed by atoms with van der Waals surface area (Å²) >= 11 is 0. The van der Waals surface area contributed by atoms with Crippen molar-refractivity contribution in [2.24, 2.45) is 0 Å². The van der Waals surface area contributed by atoms with Crippen LogP contribution in [-0.4, -0.2) is 19.2 Å². The molecule has 0 fully saturated rings. The van der Waals surface area contributed by atoms with Crippen LogP contribution in [0.2, 0.25) is 0 Å². The van der Waals surface area contributed by atoms with E-state index in [0.29, 0.717) is 0 Å². The zero-order valence-electron chi connectivity index (χ0n) is 10.3. The van der Waals surface area contributed by atoms with Gasteiger partial charge in [-0.1, -0.05) is 30.3 Å². The van der Waals surface area contributed by atoms with E-state index >= 15 is 0 Å². The first-order valence-corrected chi connectivity index (χ1v) is 5.56. The predicted molar refractivity (Wildman–Crippen MR) is 64.1 cm³/mol. The lowest BCUT2D eigenvalue weighted by Gasteiger charge is -2.10. The number of alkyl halides is 3. The number of allylic oxidation sites excluding steroid dienone is 1. The molecule has 0 unspecified atom stereocenters. The molecule has 0 spiro atoms. The molecule has 0 aliphatic carbocycles. The van der Waals surface area contributed by atoms with Gasteiger partial charge >= 0.3 is 12.1 Å². The lowest BCUT2D eigenvalue weighted by Crippen LogP contribution is -2.18. The van der Waals surface area contributed by atoms with Crippen LogP contribution in [0.25, 0.3) is 0 Å². The quantitative estimate of drug-likeness (QED) is 0.662. The maximum absolute atomic E-state index is 12.2. The summed E-state index contributed by atoms with van der Waals surface area (Å²) in [5.41, 5.74) is 0.539. The third kappa shape index (κ3) is 6.49. The topological polar surface area (TPSA) is 38.3 Å². The van der Waals surface area contributed by atoms with Gasteiger partial charge < -0.3 is 10.1 Å². The van der Waals surface area contributed by atoms with E-state index in [1.165, 1.54) is 7.05 Å². The largest absolute Gasteiger partial charge is 0.458 e. The van der Waals surface area contributed by atoms with Crippen LogP contribution in [0.5, 0.6) is 0 Å². The molecule has 1 aromatic carbocycles. The number of halogens is 3.